The number of carbonyl (C=O) groups excluding carboxylic acids is 2. The van der Waals surface area contributed by atoms with E-state index in [2.05, 4.69) is 111 Å². The lowest BCUT2D eigenvalue weighted by atomic mass is 10.0. The number of phosphoric ester groups is 1. The van der Waals surface area contributed by atoms with Gasteiger partial charge in [0.25, 0.3) is 0 Å². The molecule has 1 N–H and O–H groups in total. The van der Waals surface area contributed by atoms with Crippen LogP contribution < -0.4 is 0 Å². The Morgan fingerprint density at radius 2 is 0.620 bits per heavy atom. The SMILES string of the molecule is CC/C=C\C/C=C\C/C=C\C/C=C\C/C=C\C/C=C\C/C=C\CCCCCCCCCCCCCC(=O)OC(COC(=O)CCCCCCCCCCCCCCCCCCCCCCCCC/C=C\CCCCCCCCCC)COP(=O)(O)OCC[N+](C)(C)C. The van der Waals surface area contributed by atoms with Gasteiger partial charge in [-0.15, -0.1) is 0 Å². The van der Waals surface area contributed by atoms with Gasteiger partial charge in [0.05, 0.1) is 27.7 Å². The molecule has 0 fully saturated rings. The molecule has 2 atom stereocenters. The van der Waals surface area contributed by atoms with Gasteiger partial charge in [-0.1, -0.05) is 349 Å². The number of allylic oxidation sites excluding steroid dienone is 16. The molecule has 10 heteroatoms. The lowest BCUT2D eigenvalue weighted by Gasteiger charge is -2.24. The highest BCUT2D eigenvalue weighted by Crippen LogP contribution is 2.43. The van der Waals surface area contributed by atoms with Crippen molar-refractivity contribution >= 4 is 19.8 Å². The van der Waals surface area contributed by atoms with E-state index in [1.54, 1.807) is 0 Å². The number of nitrogens with zero attached hydrogens (tertiary/aromatic N) is 1. The van der Waals surface area contributed by atoms with Gasteiger partial charge in [0, 0.05) is 12.8 Å². The fraction of sp³-hybridized carbons (Fsp3) is 0.780. The van der Waals surface area contributed by atoms with Gasteiger partial charge in [-0.3, -0.25) is 18.6 Å². The Labute approximate surface area is 570 Å². The molecule has 0 saturated carbocycles. The Hall–Kier alpha value is -3.07. The summed E-state index contributed by atoms with van der Waals surface area (Å²) >= 11 is 0. The van der Waals surface area contributed by atoms with Crippen LogP contribution in [0.1, 0.15) is 361 Å². The molecule has 0 saturated heterocycles. The molecule has 0 aromatic rings. The first-order valence-corrected chi connectivity index (χ1v) is 40.5. The van der Waals surface area contributed by atoms with Crippen LogP contribution in [0.25, 0.3) is 0 Å². The molecule has 0 aliphatic carbocycles. The van der Waals surface area contributed by atoms with Crippen LogP contribution in [0.5, 0.6) is 0 Å². The smallest absolute Gasteiger partial charge is 0.462 e. The lowest BCUT2D eigenvalue weighted by Crippen LogP contribution is -2.37. The molecular weight excluding hydrogens is 1160 g/mol. The second kappa shape index (κ2) is 72.2. The van der Waals surface area contributed by atoms with Crippen molar-refractivity contribution in [3.63, 3.8) is 0 Å². The Morgan fingerprint density at radius 1 is 0.348 bits per heavy atom. The van der Waals surface area contributed by atoms with Gasteiger partial charge in [-0.25, -0.2) is 4.57 Å². The highest BCUT2D eigenvalue weighted by atomic mass is 31.2. The number of phosphoric acid groups is 1. The van der Waals surface area contributed by atoms with Crippen molar-refractivity contribution in [2.45, 2.75) is 367 Å². The molecular formula is C82H149NO8P+. The molecule has 534 valence electrons. The van der Waals surface area contributed by atoms with Crippen molar-refractivity contribution in [1.82, 2.24) is 0 Å². The van der Waals surface area contributed by atoms with E-state index < -0.39 is 26.5 Å². The van der Waals surface area contributed by atoms with Crippen molar-refractivity contribution in [3.8, 4) is 0 Å². The summed E-state index contributed by atoms with van der Waals surface area (Å²) in [6.45, 7) is 4.36. The molecule has 0 aliphatic rings. The second-order valence-electron chi connectivity index (χ2n) is 27.4. The number of unbranched alkanes of at least 4 members (excludes halogenated alkanes) is 42. The Balaban J connectivity index is 3.98. The number of ether oxygens (including phenoxy) is 2. The Bertz CT molecular complexity index is 1880. The molecule has 0 heterocycles. The summed E-state index contributed by atoms with van der Waals surface area (Å²) < 4.78 is 34.8. The van der Waals surface area contributed by atoms with E-state index in [1.807, 2.05) is 21.1 Å². The maximum Gasteiger partial charge on any atom is 0.472 e. The standard InChI is InChI=1S/C82H148NO8P/c1-6-8-10-12-14-16-18-20-22-24-26-28-30-32-34-36-38-40-41-43-44-46-48-50-52-54-56-58-60-62-64-66-68-70-72-74-81(84)88-78-80(79-90-92(86,87)89-77-76-83(3,4)5)91-82(85)75-73-71-69-67-65-63-61-59-57-55-53-51-49-47-45-42-39-37-35-33-31-29-27-25-23-21-19-17-15-13-11-9-7-2/h9,11,15,17,21,23-24,26-27,29,33,35,39,42,47,49,80H,6-8,10,12-14,16,18-20,22,25,28,30-32,34,36-38,40-41,43-46,48,50-79H2,1-5H3/p+1/b11-9-,17-15-,23-21-,26-24-,29-27-,35-33-,42-39-,49-47-. The fourth-order valence-electron chi connectivity index (χ4n) is 11.2. The van der Waals surface area contributed by atoms with Crippen LogP contribution in [0, 0.1) is 0 Å². The zero-order valence-electron chi connectivity index (χ0n) is 61.0. The highest BCUT2D eigenvalue weighted by Gasteiger charge is 2.27. The van der Waals surface area contributed by atoms with Crippen molar-refractivity contribution < 1.29 is 42.1 Å². The minimum atomic E-state index is -4.40. The average Bonchev–Trinajstić information content (AvgIpc) is 2.23. The van der Waals surface area contributed by atoms with E-state index in [0.717, 1.165) is 89.9 Å². The molecule has 0 rings (SSSR count). The zero-order valence-corrected chi connectivity index (χ0v) is 61.9. The number of likely N-dealkylation sites (N-methyl/N-ethyl adjacent to an activating group) is 1. The number of hydrogen-bond donors (Lipinski definition) is 1. The van der Waals surface area contributed by atoms with Crippen molar-refractivity contribution in [2.75, 3.05) is 47.5 Å². The third kappa shape index (κ3) is 76.0. The van der Waals surface area contributed by atoms with Gasteiger partial charge in [0.15, 0.2) is 6.10 Å². The summed E-state index contributed by atoms with van der Waals surface area (Å²) in [4.78, 5) is 36.0. The summed E-state index contributed by atoms with van der Waals surface area (Å²) in [7, 11) is 1.48. The van der Waals surface area contributed by atoms with Crippen LogP contribution in [0.4, 0.5) is 0 Å². The molecule has 92 heavy (non-hydrogen) atoms. The van der Waals surface area contributed by atoms with Crippen molar-refractivity contribution in [2.24, 2.45) is 0 Å². The molecule has 0 radical (unpaired) electrons. The van der Waals surface area contributed by atoms with Crippen LogP contribution in [-0.2, 0) is 32.7 Å². The molecule has 2 unspecified atom stereocenters. The molecule has 0 aliphatic heterocycles. The van der Waals surface area contributed by atoms with Crippen LogP contribution in [-0.4, -0.2) is 74.9 Å². The fourth-order valence-corrected chi connectivity index (χ4v) is 11.9. The molecule has 0 bridgehead atoms. The minimum absolute atomic E-state index is 0.0292. The largest absolute Gasteiger partial charge is 0.472 e. The average molecular weight is 1310 g/mol. The molecule has 0 aromatic carbocycles. The number of quaternary nitrogens is 1. The first kappa shape index (κ1) is 88.9. The predicted molar refractivity (Wildman–Crippen MR) is 399 cm³/mol. The summed E-state index contributed by atoms with van der Waals surface area (Å²) in [5.74, 6) is -0.789. The van der Waals surface area contributed by atoms with Crippen LogP contribution >= 0.6 is 7.82 Å². The van der Waals surface area contributed by atoms with Crippen LogP contribution in [0.15, 0.2) is 97.2 Å². The highest BCUT2D eigenvalue weighted by molar-refractivity contribution is 7.47. The molecule has 0 aromatic heterocycles. The first-order chi connectivity index (χ1) is 45.0. The summed E-state index contributed by atoms with van der Waals surface area (Å²) in [6.07, 6.45) is 101. The van der Waals surface area contributed by atoms with Crippen LogP contribution in [0.3, 0.4) is 0 Å². The van der Waals surface area contributed by atoms with E-state index in [9.17, 15) is 19.0 Å². The van der Waals surface area contributed by atoms with Gasteiger partial charge in [0.1, 0.15) is 19.8 Å². The molecule has 0 amide bonds. The number of esters is 2. The van der Waals surface area contributed by atoms with Gasteiger partial charge in [-0.05, 0) is 96.3 Å². The van der Waals surface area contributed by atoms with Gasteiger partial charge >= 0.3 is 19.8 Å². The van der Waals surface area contributed by atoms with E-state index >= 15 is 0 Å². The minimum Gasteiger partial charge on any atom is -0.462 e. The molecule has 0 spiro atoms. The number of hydrogen-bond acceptors (Lipinski definition) is 7. The van der Waals surface area contributed by atoms with Gasteiger partial charge < -0.3 is 18.9 Å². The summed E-state index contributed by atoms with van der Waals surface area (Å²) in [5.41, 5.74) is 0. The molecule has 9 nitrogen and oxygen atoms in total. The maximum absolute atomic E-state index is 12.9. The Morgan fingerprint density at radius 3 is 0.935 bits per heavy atom. The quantitative estimate of drug-likeness (QED) is 0.0211. The first-order valence-electron chi connectivity index (χ1n) is 39.0. The van der Waals surface area contributed by atoms with E-state index in [1.165, 1.54) is 238 Å². The van der Waals surface area contributed by atoms with Gasteiger partial charge in [-0.2, -0.15) is 0 Å². The number of rotatable bonds is 72. The Kier molecular flexibility index (Phi) is 69.8. The maximum atomic E-state index is 12.9. The van der Waals surface area contributed by atoms with Crippen molar-refractivity contribution in [3.05, 3.63) is 97.2 Å². The van der Waals surface area contributed by atoms with Gasteiger partial charge in [0.2, 0.25) is 0 Å². The lowest BCUT2D eigenvalue weighted by molar-refractivity contribution is -0.870. The van der Waals surface area contributed by atoms with E-state index in [0.29, 0.717) is 17.4 Å². The van der Waals surface area contributed by atoms with Crippen molar-refractivity contribution in [1.29, 1.82) is 0 Å². The monoisotopic (exact) mass is 1310 g/mol. The summed E-state index contributed by atoms with van der Waals surface area (Å²) in [6, 6.07) is 0. The third-order valence-electron chi connectivity index (χ3n) is 17.1. The zero-order chi connectivity index (χ0) is 66.9. The topological polar surface area (TPSA) is 108 Å². The third-order valence-corrected chi connectivity index (χ3v) is 18.1. The predicted octanol–water partition coefficient (Wildman–Crippen LogP) is 25.8. The van der Waals surface area contributed by atoms with E-state index in [-0.39, 0.29) is 32.0 Å². The van der Waals surface area contributed by atoms with E-state index in [4.69, 9.17) is 18.5 Å². The van der Waals surface area contributed by atoms with Crippen LogP contribution in [0.2, 0.25) is 0 Å². The normalized spacial score (nSPS) is 13.6. The number of carbonyl (C=O) groups is 2. The second-order valence-corrected chi connectivity index (χ2v) is 28.8. The summed E-state index contributed by atoms with van der Waals surface area (Å²) in [5, 5.41) is 0.